The van der Waals surface area contributed by atoms with Crippen LogP contribution in [0, 0.1) is 17.2 Å². The van der Waals surface area contributed by atoms with Crippen LogP contribution in [0.4, 0.5) is 0 Å². The van der Waals surface area contributed by atoms with E-state index in [1.54, 1.807) is 43.3 Å². The highest BCUT2D eigenvalue weighted by Gasteiger charge is 2.38. The molecule has 0 unspecified atom stereocenters. The second kappa shape index (κ2) is 5.02. The molecule has 1 fully saturated rings. The molecule has 100 valence electrons. The maximum absolute atomic E-state index is 11.9. The standard InChI is InChI=1S/C13H15N3O2S/c1-16(2)9-15-19(17,18)12-5-3-10(4-6-12)13-7-11(13)8-14/h3-6,9,11,13H,7H2,1-2H3/t11-,13-/m0/s1. The van der Waals surface area contributed by atoms with Crippen molar-refractivity contribution in [3.8, 4) is 6.07 Å². The first-order valence-corrected chi connectivity index (χ1v) is 7.34. The molecule has 6 heteroatoms. The molecule has 0 radical (unpaired) electrons. The minimum atomic E-state index is -3.63. The van der Waals surface area contributed by atoms with Crippen molar-refractivity contribution in [1.29, 1.82) is 5.26 Å². The first-order valence-electron chi connectivity index (χ1n) is 5.90. The predicted octanol–water partition coefficient (Wildman–Crippen LogP) is 1.59. The van der Waals surface area contributed by atoms with Crippen LogP contribution in [-0.4, -0.2) is 33.8 Å². The molecule has 1 aliphatic rings. The summed E-state index contributed by atoms with van der Waals surface area (Å²) in [4.78, 5) is 1.73. The number of nitrogens with zero attached hydrogens (tertiary/aromatic N) is 3. The summed E-state index contributed by atoms with van der Waals surface area (Å²) in [6.45, 7) is 0. The molecule has 1 aliphatic carbocycles. The van der Waals surface area contributed by atoms with Crippen LogP contribution in [0.15, 0.2) is 33.6 Å². The summed E-state index contributed by atoms with van der Waals surface area (Å²) >= 11 is 0. The van der Waals surface area contributed by atoms with Crippen molar-refractivity contribution in [2.75, 3.05) is 14.1 Å². The van der Waals surface area contributed by atoms with E-state index >= 15 is 0 Å². The van der Waals surface area contributed by atoms with Gasteiger partial charge in [-0.2, -0.15) is 13.7 Å². The summed E-state index contributed by atoms with van der Waals surface area (Å²) in [6, 6.07) is 8.84. The lowest BCUT2D eigenvalue weighted by Gasteiger charge is -2.04. The Bertz CT molecular complexity index is 627. The van der Waals surface area contributed by atoms with Crippen molar-refractivity contribution in [3.63, 3.8) is 0 Å². The van der Waals surface area contributed by atoms with Gasteiger partial charge < -0.3 is 4.90 Å². The average Bonchev–Trinajstić information content (AvgIpc) is 3.16. The Morgan fingerprint density at radius 3 is 2.47 bits per heavy atom. The van der Waals surface area contributed by atoms with Crippen molar-refractivity contribution in [3.05, 3.63) is 29.8 Å². The van der Waals surface area contributed by atoms with Gasteiger partial charge in [-0.1, -0.05) is 12.1 Å². The first kappa shape index (κ1) is 13.6. The first-order chi connectivity index (χ1) is 8.94. The molecule has 0 aliphatic heterocycles. The van der Waals surface area contributed by atoms with Crippen LogP contribution in [0.25, 0.3) is 0 Å². The van der Waals surface area contributed by atoms with Gasteiger partial charge in [0.25, 0.3) is 10.0 Å². The third-order valence-corrected chi connectivity index (χ3v) is 4.22. The summed E-state index contributed by atoms with van der Waals surface area (Å²) < 4.78 is 27.3. The number of sulfonamides is 1. The van der Waals surface area contributed by atoms with Crippen LogP contribution in [0.3, 0.4) is 0 Å². The largest absolute Gasteiger partial charge is 0.368 e. The van der Waals surface area contributed by atoms with E-state index in [1.165, 1.54) is 6.34 Å². The number of rotatable bonds is 4. The van der Waals surface area contributed by atoms with Gasteiger partial charge in [0.15, 0.2) is 0 Å². The summed E-state index contributed by atoms with van der Waals surface area (Å²) in [6.07, 6.45) is 2.12. The van der Waals surface area contributed by atoms with Gasteiger partial charge in [-0.3, -0.25) is 0 Å². The Morgan fingerprint density at radius 1 is 1.37 bits per heavy atom. The molecule has 5 nitrogen and oxygen atoms in total. The normalized spacial score (nSPS) is 22.2. The maximum Gasteiger partial charge on any atom is 0.283 e. The minimum absolute atomic E-state index is 0.0780. The fraction of sp³-hybridized carbons (Fsp3) is 0.385. The highest BCUT2D eigenvalue weighted by molar-refractivity contribution is 7.90. The van der Waals surface area contributed by atoms with Gasteiger partial charge in [-0.15, -0.1) is 4.40 Å². The van der Waals surface area contributed by atoms with Gasteiger partial charge in [-0.25, -0.2) is 0 Å². The molecule has 0 N–H and O–H groups in total. The number of benzene rings is 1. The molecule has 19 heavy (non-hydrogen) atoms. The fourth-order valence-electron chi connectivity index (χ4n) is 1.81. The molecule has 0 bridgehead atoms. The van der Waals surface area contributed by atoms with E-state index in [0.717, 1.165) is 12.0 Å². The summed E-state index contributed by atoms with van der Waals surface area (Å²) in [5.41, 5.74) is 1.02. The quantitative estimate of drug-likeness (QED) is 0.619. The van der Waals surface area contributed by atoms with E-state index in [1.807, 2.05) is 0 Å². The van der Waals surface area contributed by atoms with Crippen molar-refractivity contribution >= 4 is 16.4 Å². The van der Waals surface area contributed by atoms with Crippen LogP contribution in [0.2, 0.25) is 0 Å². The SMILES string of the molecule is CN(C)C=NS(=O)(=O)c1ccc([C@@H]2C[C@H]2C#N)cc1. The van der Waals surface area contributed by atoms with Crippen LogP contribution in [0.1, 0.15) is 17.9 Å². The zero-order valence-corrected chi connectivity index (χ0v) is 11.6. The van der Waals surface area contributed by atoms with Gasteiger partial charge >= 0.3 is 0 Å². The van der Waals surface area contributed by atoms with Gasteiger partial charge in [0, 0.05) is 20.0 Å². The van der Waals surface area contributed by atoms with E-state index < -0.39 is 10.0 Å². The van der Waals surface area contributed by atoms with E-state index in [2.05, 4.69) is 10.5 Å². The Labute approximate surface area is 113 Å². The van der Waals surface area contributed by atoms with Crippen molar-refractivity contribution in [2.24, 2.45) is 10.3 Å². The van der Waals surface area contributed by atoms with Gasteiger partial charge in [0.05, 0.1) is 16.9 Å². The van der Waals surface area contributed by atoms with Crippen LogP contribution < -0.4 is 0 Å². The number of hydrogen-bond donors (Lipinski definition) is 0. The van der Waals surface area contributed by atoms with Crippen molar-refractivity contribution in [1.82, 2.24) is 4.90 Å². The molecule has 0 aromatic heterocycles. The predicted molar refractivity (Wildman–Crippen MR) is 72.3 cm³/mol. The number of nitriles is 1. The lowest BCUT2D eigenvalue weighted by molar-refractivity contribution is 0.594. The lowest BCUT2D eigenvalue weighted by Crippen LogP contribution is -2.10. The molecule has 1 aromatic carbocycles. The van der Waals surface area contributed by atoms with Gasteiger partial charge in [0.1, 0.15) is 6.34 Å². The maximum atomic E-state index is 11.9. The van der Waals surface area contributed by atoms with Gasteiger partial charge in [-0.05, 0) is 24.1 Å². The highest BCUT2D eigenvalue weighted by atomic mass is 32.2. The molecule has 1 saturated carbocycles. The smallest absolute Gasteiger partial charge is 0.283 e. The molecule has 0 heterocycles. The Morgan fingerprint density at radius 2 is 2.00 bits per heavy atom. The van der Waals surface area contributed by atoms with E-state index in [9.17, 15) is 8.42 Å². The zero-order chi connectivity index (χ0) is 14.0. The van der Waals surface area contributed by atoms with E-state index in [0.29, 0.717) is 0 Å². The molecule has 0 saturated heterocycles. The van der Waals surface area contributed by atoms with Crippen molar-refractivity contribution < 1.29 is 8.42 Å². The Balaban J connectivity index is 2.17. The summed E-state index contributed by atoms with van der Waals surface area (Å²) in [5, 5.41) is 8.77. The highest BCUT2D eigenvalue weighted by Crippen LogP contribution is 2.46. The summed E-state index contributed by atoms with van der Waals surface area (Å²) in [5.74, 6) is 0.334. The lowest BCUT2D eigenvalue weighted by atomic mass is 10.1. The molecular formula is C13H15N3O2S. The van der Waals surface area contributed by atoms with E-state index in [-0.39, 0.29) is 16.7 Å². The van der Waals surface area contributed by atoms with Crippen LogP contribution in [-0.2, 0) is 10.0 Å². The number of hydrogen-bond acceptors (Lipinski definition) is 3. The minimum Gasteiger partial charge on any atom is -0.368 e. The van der Waals surface area contributed by atoms with Crippen molar-refractivity contribution in [2.45, 2.75) is 17.2 Å². The van der Waals surface area contributed by atoms with E-state index in [4.69, 9.17) is 5.26 Å². The molecule has 2 atom stereocenters. The Kier molecular flexibility index (Phi) is 3.58. The topological polar surface area (TPSA) is 73.5 Å². The zero-order valence-electron chi connectivity index (χ0n) is 10.8. The van der Waals surface area contributed by atoms with Crippen LogP contribution in [0.5, 0.6) is 0 Å². The average molecular weight is 277 g/mol. The van der Waals surface area contributed by atoms with Crippen LogP contribution >= 0.6 is 0 Å². The monoisotopic (exact) mass is 277 g/mol. The second-order valence-electron chi connectivity index (χ2n) is 4.81. The second-order valence-corrected chi connectivity index (χ2v) is 6.44. The Hall–Kier alpha value is -1.87. The fourth-order valence-corrected chi connectivity index (χ4v) is 2.72. The third-order valence-electron chi connectivity index (χ3n) is 2.98. The molecular weight excluding hydrogens is 262 g/mol. The molecule has 2 rings (SSSR count). The summed E-state index contributed by atoms with van der Waals surface area (Å²) in [7, 11) is -0.223. The van der Waals surface area contributed by atoms with Gasteiger partial charge in [0.2, 0.25) is 0 Å². The molecule has 1 aromatic rings. The molecule has 0 amide bonds. The third kappa shape index (κ3) is 3.12. The molecule has 0 spiro atoms.